The Morgan fingerprint density at radius 3 is 3.07 bits per heavy atom. The molecule has 0 spiro atoms. The molecule has 0 aromatic carbocycles. The van der Waals surface area contributed by atoms with Gasteiger partial charge in [0.05, 0.1) is 18.6 Å². The largest absolute Gasteiger partial charge is 0.465 e. The normalized spacial score (nSPS) is 23.0. The number of nitrogens with zero attached hydrogens (tertiary/aromatic N) is 1. The lowest BCUT2D eigenvalue weighted by atomic mass is 9.89. The van der Waals surface area contributed by atoms with Crippen LogP contribution in [0.4, 0.5) is 0 Å². The van der Waals surface area contributed by atoms with Crippen LogP contribution < -0.4 is 0 Å². The van der Waals surface area contributed by atoms with Crippen molar-refractivity contribution in [2.75, 3.05) is 7.11 Å². The van der Waals surface area contributed by atoms with E-state index in [1.165, 1.54) is 13.3 Å². The number of ether oxygens (including phenoxy) is 1. The van der Waals surface area contributed by atoms with Crippen molar-refractivity contribution in [2.24, 2.45) is 10.9 Å². The van der Waals surface area contributed by atoms with Crippen molar-refractivity contribution in [1.82, 2.24) is 0 Å². The lowest BCUT2D eigenvalue weighted by Gasteiger charge is -2.17. The molecule has 2 aliphatic rings. The van der Waals surface area contributed by atoms with Crippen LogP contribution >= 0.6 is 0 Å². The van der Waals surface area contributed by atoms with Gasteiger partial charge in [0, 0.05) is 6.21 Å². The zero-order chi connectivity index (χ0) is 10.8. The third-order valence-corrected chi connectivity index (χ3v) is 2.31. The third kappa shape index (κ3) is 1.66. The van der Waals surface area contributed by atoms with Gasteiger partial charge in [-0.05, 0) is 17.7 Å². The molecule has 1 heterocycles. The predicted molar refractivity (Wildman–Crippen MR) is 54.3 cm³/mol. The van der Waals surface area contributed by atoms with Crippen LogP contribution in [0.5, 0.6) is 0 Å². The minimum absolute atomic E-state index is 0.205. The number of esters is 1. The first-order valence-electron chi connectivity index (χ1n) is 4.48. The quantitative estimate of drug-likeness (QED) is 0.592. The van der Waals surface area contributed by atoms with E-state index in [9.17, 15) is 9.59 Å². The second-order valence-corrected chi connectivity index (χ2v) is 3.21. The standard InChI is InChI=1S/C11H9NO3/c1-15-11(14)8-2-3-9-7(6-8)4-5-12-10(9)13/h2-6,9H,1H3. The Morgan fingerprint density at radius 2 is 2.33 bits per heavy atom. The Bertz CT molecular complexity index is 441. The molecule has 15 heavy (non-hydrogen) atoms. The summed E-state index contributed by atoms with van der Waals surface area (Å²) in [6.07, 6.45) is 8.07. The van der Waals surface area contributed by atoms with Crippen molar-refractivity contribution in [3.8, 4) is 0 Å². The summed E-state index contributed by atoms with van der Waals surface area (Å²) in [5, 5.41) is 0. The highest BCUT2D eigenvalue weighted by atomic mass is 16.5. The zero-order valence-electron chi connectivity index (χ0n) is 8.14. The molecule has 1 atom stereocenters. The number of dihydropyridines is 1. The number of allylic oxidation sites excluding steroid dienone is 2. The average molecular weight is 203 g/mol. The van der Waals surface area contributed by atoms with Crippen LogP contribution in [0.2, 0.25) is 0 Å². The summed E-state index contributed by atoms with van der Waals surface area (Å²) >= 11 is 0. The molecule has 1 amide bonds. The van der Waals surface area contributed by atoms with Gasteiger partial charge in [-0.2, -0.15) is 0 Å². The molecule has 0 aromatic rings. The number of methoxy groups -OCH3 is 1. The summed E-state index contributed by atoms with van der Waals surface area (Å²) in [7, 11) is 1.32. The van der Waals surface area contributed by atoms with E-state index in [0.29, 0.717) is 5.57 Å². The minimum Gasteiger partial charge on any atom is -0.465 e. The fraction of sp³-hybridized carbons (Fsp3) is 0.182. The van der Waals surface area contributed by atoms with E-state index in [4.69, 9.17) is 0 Å². The number of rotatable bonds is 1. The molecule has 0 fully saturated rings. The number of aliphatic imine (C=N–C) groups is 1. The molecule has 0 aromatic heterocycles. The highest BCUT2D eigenvalue weighted by Gasteiger charge is 2.24. The minimum atomic E-state index is -0.402. The van der Waals surface area contributed by atoms with Gasteiger partial charge in [0.2, 0.25) is 0 Å². The number of amides is 1. The van der Waals surface area contributed by atoms with E-state index in [2.05, 4.69) is 9.73 Å². The van der Waals surface area contributed by atoms with Crippen LogP contribution in [0.3, 0.4) is 0 Å². The maximum absolute atomic E-state index is 11.3. The summed E-state index contributed by atoms with van der Waals surface area (Å²) < 4.78 is 4.59. The summed E-state index contributed by atoms with van der Waals surface area (Å²) in [5.74, 6) is -0.951. The lowest BCUT2D eigenvalue weighted by molar-refractivity contribution is -0.135. The zero-order valence-corrected chi connectivity index (χ0v) is 8.14. The van der Waals surface area contributed by atoms with Gasteiger partial charge in [-0.25, -0.2) is 9.79 Å². The van der Waals surface area contributed by atoms with Crippen molar-refractivity contribution >= 4 is 18.1 Å². The average Bonchev–Trinajstić information content (AvgIpc) is 2.28. The van der Waals surface area contributed by atoms with Gasteiger partial charge in [-0.1, -0.05) is 12.2 Å². The first-order chi connectivity index (χ1) is 7.22. The van der Waals surface area contributed by atoms with Crippen molar-refractivity contribution in [2.45, 2.75) is 0 Å². The van der Waals surface area contributed by atoms with Crippen LogP contribution in [0, 0.1) is 5.92 Å². The summed E-state index contributed by atoms with van der Waals surface area (Å²) in [5.41, 5.74) is 1.22. The molecule has 4 heteroatoms. The first-order valence-corrected chi connectivity index (χ1v) is 4.48. The Labute approximate surface area is 86.6 Å². The summed E-state index contributed by atoms with van der Waals surface area (Å²) in [6.45, 7) is 0. The van der Waals surface area contributed by atoms with E-state index in [1.54, 1.807) is 24.3 Å². The predicted octanol–water partition coefficient (Wildman–Crippen LogP) is 0.809. The van der Waals surface area contributed by atoms with E-state index < -0.39 is 5.97 Å². The molecule has 0 bridgehead atoms. The van der Waals surface area contributed by atoms with Crippen LogP contribution in [-0.4, -0.2) is 25.2 Å². The molecular weight excluding hydrogens is 194 g/mol. The molecule has 4 nitrogen and oxygen atoms in total. The van der Waals surface area contributed by atoms with Gasteiger partial charge in [0.25, 0.3) is 5.91 Å². The van der Waals surface area contributed by atoms with E-state index in [1.807, 2.05) is 0 Å². The van der Waals surface area contributed by atoms with Crippen LogP contribution in [0.15, 0.2) is 40.4 Å². The van der Waals surface area contributed by atoms with Crippen molar-refractivity contribution in [3.05, 3.63) is 35.5 Å². The number of fused-ring (bicyclic) bond motifs is 1. The second kappa shape index (κ2) is 3.65. The number of carbonyl (C=O) groups excluding carboxylic acids is 2. The molecular formula is C11H9NO3. The molecule has 2 rings (SSSR count). The molecule has 0 saturated heterocycles. The molecule has 1 unspecified atom stereocenters. The maximum atomic E-state index is 11.3. The fourth-order valence-corrected chi connectivity index (χ4v) is 1.53. The number of hydrogen-bond donors (Lipinski definition) is 0. The molecule has 0 saturated carbocycles. The van der Waals surface area contributed by atoms with Gasteiger partial charge < -0.3 is 4.74 Å². The Kier molecular flexibility index (Phi) is 2.33. The van der Waals surface area contributed by atoms with Crippen LogP contribution in [0.25, 0.3) is 0 Å². The second-order valence-electron chi connectivity index (χ2n) is 3.21. The van der Waals surface area contributed by atoms with Crippen molar-refractivity contribution < 1.29 is 14.3 Å². The van der Waals surface area contributed by atoms with Gasteiger partial charge in [0.1, 0.15) is 0 Å². The van der Waals surface area contributed by atoms with Gasteiger partial charge in [0.15, 0.2) is 0 Å². The SMILES string of the molecule is COC(=O)C1=CC2=CC=NC(=O)C2C=C1. The Morgan fingerprint density at radius 1 is 1.53 bits per heavy atom. The third-order valence-electron chi connectivity index (χ3n) is 2.31. The summed E-state index contributed by atoms with van der Waals surface area (Å²) in [6, 6.07) is 0. The highest BCUT2D eigenvalue weighted by molar-refractivity contribution is 6.00. The van der Waals surface area contributed by atoms with E-state index >= 15 is 0 Å². The van der Waals surface area contributed by atoms with Gasteiger partial charge >= 0.3 is 5.97 Å². The topological polar surface area (TPSA) is 55.7 Å². The molecule has 0 radical (unpaired) electrons. The molecule has 1 aliphatic heterocycles. The summed E-state index contributed by atoms with van der Waals surface area (Å²) in [4.78, 5) is 26.2. The first kappa shape index (κ1) is 9.58. The number of carbonyl (C=O) groups is 2. The smallest absolute Gasteiger partial charge is 0.337 e. The van der Waals surface area contributed by atoms with E-state index in [-0.39, 0.29) is 11.8 Å². The number of hydrogen-bond acceptors (Lipinski definition) is 3. The Balaban J connectivity index is 2.33. The van der Waals surface area contributed by atoms with Gasteiger partial charge in [-0.3, -0.25) is 4.79 Å². The van der Waals surface area contributed by atoms with Gasteiger partial charge in [-0.15, -0.1) is 0 Å². The molecule has 1 aliphatic carbocycles. The monoisotopic (exact) mass is 203 g/mol. The van der Waals surface area contributed by atoms with E-state index in [0.717, 1.165) is 5.57 Å². The maximum Gasteiger partial charge on any atom is 0.337 e. The van der Waals surface area contributed by atoms with Crippen LogP contribution in [0.1, 0.15) is 0 Å². The highest BCUT2D eigenvalue weighted by Crippen LogP contribution is 2.25. The van der Waals surface area contributed by atoms with Crippen molar-refractivity contribution in [1.29, 1.82) is 0 Å². The molecule has 0 N–H and O–H groups in total. The fourth-order valence-electron chi connectivity index (χ4n) is 1.53. The molecule has 76 valence electrons. The van der Waals surface area contributed by atoms with Crippen molar-refractivity contribution in [3.63, 3.8) is 0 Å². The Hall–Kier alpha value is -1.97. The lowest BCUT2D eigenvalue weighted by Crippen LogP contribution is -2.19. The van der Waals surface area contributed by atoms with Crippen LogP contribution in [-0.2, 0) is 14.3 Å².